The zero-order chi connectivity index (χ0) is 9.94. The second-order valence-corrected chi connectivity index (χ2v) is 2.43. The average molecular weight is 186 g/mol. The lowest BCUT2D eigenvalue weighted by molar-refractivity contribution is -0.219. The number of carbonyl (C=O) groups is 1. The summed E-state index contributed by atoms with van der Waals surface area (Å²) in [6.45, 7) is 2.78. The SMILES string of the molecule is CC(C)OC(=O)[C@H](O)C(F)(F)F. The fourth-order valence-electron chi connectivity index (χ4n) is 0.430. The maximum Gasteiger partial charge on any atom is 0.425 e. The monoisotopic (exact) mass is 186 g/mol. The summed E-state index contributed by atoms with van der Waals surface area (Å²) in [5.41, 5.74) is 0. The highest BCUT2D eigenvalue weighted by Gasteiger charge is 2.45. The molecule has 0 aliphatic rings. The van der Waals surface area contributed by atoms with Gasteiger partial charge in [0.15, 0.2) is 0 Å². The van der Waals surface area contributed by atoms with Crippen molar-refractivity contribution >= 4 is 5.97 Å². The Morgan fingerprint density at radius 1 is 1.42 bits per heavy atom. The number of carbonyl (C=O) groups excluding carboxylic acids is 1. The molecule has 0 unspecified atom stereocenters. The predicted octanol–water partition coefficient (Wildman–Crippen LogP) is 0.861. The van der Waals surface area contributed by atoms with E-state index in [1.54, 1.807) is 0 Å². The highest BCUT2D eigenvalue weighted by Crippen LogP contribution is 2.21. The number of hydrogen-bond acceptors (Lipinski definition) is 3. The van der Waals surface area contributed by atoms with Crippen molar-refractivity contribution in [3.8, 4) is 0 Å². The van der Waals surface area contributed by atoms with Gasteiger partial charge in [-0.15, -0.1) is 0 Å². The van der Waals surface area contributed by atoms with Gasteiger partial charge in [0.2, 0.25) is 6.10 Å². The van der Waals surface area contributed by atoms with E-state index in [4.69, 9.17) is 5.11 Å². The van der Waals surface area contributed by atoms with Crippen LogP contribution >= 0.6 is 0 Å². The maximum atomic E-state index is 11.6. The van der Waals surface area contributed by atoms with E-state index in [2.05, 4.69) is 4.74 Å². The molecular formula is C6H9F3O3. The molecule has 6 heteroatoms. The highest BCUT2D eigenvalue weighted by atomic mass is 19.4. The first kappa shape index (κ1) is 11.2. The third-order valence-electron chi connectivity index (χ3n) is 0.885. The molecular weight excluding hydrogens is 177 g/mol. The molecule has 0 spiro atoms. The summed E-state index contributed by atoms with van der Waals surface area (Å²) >= 11 is 0. The first-order chi connectivity index (χ1) is 5.25. The normalized spacial score (nSPS) is 14.6. The first-order valence-electron chi connectivity index (χ1n) is 3.20. The molecule has 3 nitrogen and oxygen atoms in total. The van der Waals surface area contributed by atoms with Crippen molar-refractivity contribution in [2.24, 2.45) is 0 Å². The second-order valence-electron chi connectivity index (χ2n) is 2.43. The van der Waals surface area contributed by atoms with Crippen LogP contribution in [-0.2, 0) is 9.53 Å². The van der Waals surface area contributed by atoms with Gasteiger partial charge in [-0.05, 0) is 13.8 Å². The summed E-state index contributed by atoms with van der Waals surface area (Å²) in [7, 11) is 0. The molecule has 0 bridgehead atoms. The van der Waals surface area contributed by atoms with Gasteiger partial charge in [0, 0.05) is 0 Å². The molecule has 0 heterocycles. The lowest BCUT2D eigenvalue weighted by atomic mass is 10.3. The molecule has 1 atom stereocenters. The van der Waals surface area contributed by atoms with E-state index in [1.165, 1.54) is 13.8 Å². The van der Waals surface area contributed by atoms with E-state index in [9.17, 15) is 18.0 Å². The lowest BCUT2D eigenvalue weighted by Crippen LogP contribution is -2.38. The standard InChI is InChI=1S/C6H9F3O3/c1-3(2)12-5(11)4(10)6(7,8)9/h3-4,10H,1-2H3/t4-/m0/s1. The summed E-state index contributed by atoms with van der Waals surface area (Å²) < 4.78 is 38.9. The van der Waals surface area contributed by atoms with Crippen LogP contribution in [0.2, 0.25) is 0 Å². The molecule has 12 heavy (non-hydrogen) atoms. The Kier molecular flexibility index (Phi) is 3.51. The third kappa shape index (κ3) is 3.56. The quantitative estimate of drug-likeness (QED) is 0.650. The van der Waals surface area contributed by atoms with E-state index in [1.807, 2.05) is 0 Å². The van der Waals surface area contributed by atoms with Crippen LogP contribution in [0, 0.1) is 0 Å². The van der Waals surface area contributed by atoms with Crippen LogP contribution < -0.4 is 0 Å². The molecule has 0 saturated carbocycles. The number of ether oxygens (including phenoxy) is 1. The van der Waals surface area contributed by atoms with Crippen molar-refractivity contribution < 1.29 is 27.8 Å². The van der Waals surface area contributed by atoms with Crippen LogP contribution in [0.5, 0.6) is 0 Å². The zero-order valence-electron chi connectivity index (χ0n) is 6.55. The van der Waals surface area contributed by atoms with Gasteiger partial charge in [-0.1, -0.05) is 0 Å². The van der Waals surface area contributed by atoms with Crippen LogP contribution in [0.25, 0.3) is 0 Å². The predicted molar refractivity (Wildman–Crippen MR) is 33.3 cm³/mol. The second kappa shape index (κ2) is 3.75. The first-order valence-corrected chi connectivity index (χ1v) is 3.20. The molecule has 0 rings (SSSR count). The van der Waals surface area contributed by atoms with E-state index in [0.29, 0.717) is 0 Å². The van der Waals surface area contributed by atoms with Gasteiger partial charge in [0.1, 0.15) is 0 Å². The van der Waals surface area contributed by atoms with Gasteiger partial charge in [0.25, 0.3) is 0 Å². The Morgan fingerprint density at radius 3 is 2.08 bits per heavy atom. The van der Waals surface area contributed by atoms with Crippen molar-refractivity contribution in [1.82, 2.24) is 0 Å². The highest BCUT2D eigenvalue weighted by molar-refractivity contribution is 5.75. The van der Waals surface area contributed by atoms with Gasteiger partial charge in [-0.3, -0.25) is 0 Å². The van der Waals surface area contributed by atoms with Crippen molar-refractivity contribution in [2.45, 2.75) is 32.2 Å². The Hall–Kier alpha value is -0.780. The van der Waals surface area contributed by atoms with E-state index in [-0.39, 0.29) is 0 Å². The van der Waals surface area contributed by atoms with Crippen LogP contribution in [0.1, 0.15) is 13.8 Å². The number of halogens is 3. The number of esters is 1. The zero-order valence-corrected chi connectivity index (χ0v) is 6.55. The molecule has 1 N–H and O–H groups in total. The minimum atomic E-state index is -4.95. The fraction of sp³-hybridized carbons (Fsp3) is 0.833. The summed E-state index contributed by atoms with van der Waals surface area (Å²) in [4.78, 5) is 10.4. The smallest absolute Gasteiger partial charge is 0.425 e. The number of alkyl halides is 3. The van der Waals surface area contributed by atoms with Crippen LogP contribution in [0.15, 0.2) is 0 Å². The third-order valence-corrected chi connectivity index (χ3v) is 0.885. The molecule has 0 saturated heterocycles. The number of aliphatic hydroxyl groups is 1. The minimum absolute atomic E-state index is 0.672. The van der Waals surface area contributed by atoms with Crippen molar-refractivity contribution in [1.29, 1.82) is 0 Å². The topological polar surface area (TPSA) is 46.5 Å². The molecule has 0 aliphatic heterocycles. The summed E-state index contributed by atoms with van der Waals surface area (Å²) in [6, 6.07) is 0. The average Bonchev–Trinajstić information content (AvgIpc) is 1.82. The van der Waals surface area contributed by atoms with E-state index < -0.39 is 24.4 Å². The molecule has 0 aromatic heterocycles. The van der Waals surface area contributed by atoms with Gasteiger partial charge in [-0.2, -0.15) is 13.2 Å². The number of hydrogen-bond donors (Lipinski definition) is 1. The van der Waals surface area contributed by atoms with E-state index in [0.717, 1.165) is 0 Å². The Labute approximate surface area is 67.1 Å². The van der Waals surface area contributed by atoms with Gasteiger partial charge >= 0.3 is 12.1 Å². The molecule has 0 aromatic rings. The lowest BCUT2D eigenvalue weighted by Gasteiger charge is -2.14. The van der Waals surface area contributed by atoms with Crippen LogP contribution in [0.3, 0.4) is 0 Å². The van der Waals surface area contributed by atoms with Gasteiger partial charge in [0.05, 0.1) is 6.10 Å². The molecule has 0 fully saturated rings. The van der Waals surface area contributed by atoms with Gasteiger partial charge < -0.3 is 9.84 Å². The minimum Gasteiger partial charge on any atom is -0.461 e. The van der Waals surface area contributed by atoms with Crippen molar-refractivity contribution in [3.63, 3.8) is 0 Å². The van der Waals surface area contributed by atoms with Crippen LogP contribution in [-0.4, -0.2) is 29.5 Å². The summed E-state index contributed by atoms with van der Waals surface area (Å²) in [6.07, 6.45) is -8.67. The van der Waals surface area contributed by atoms with Gasteiger partial charge in [-0.25, -0.2) is 4.79 Å². The number of aliphatic hydroxyl groups excluding tert-OH is 1. The largest absolute Gasteiger partial charge is 0.461 e. The van der Waals surface area contributed by atoms with Crippen molar-refractivity contribution in [2.75, 3.05) is 0 Å². The summed E-state index contributed by atoms with van der Waals surface area (Å²) in [5.74, 6) is -1.67. The molecule has 72 valence electrons. The molecule has 0 radical (unpaired) electrons. The molecule has 0 aromatic carbocycles. The van der Waals surface area contributed by atoms with Crippen LogP contribution in [0.4, 0.5) is 13.2 Å². The Bertz CT molecular complexity index is 164. The molecule has 0 amide bonds. The molecule has 0 aliphatic carbocycles. The summed E-state index contributed by atoms with van der Waals surface area (Å²) in [5, 5.41) is 8.30. The number of rotatable bonds is 2. The van der Waals surface area contributed by atoms with Crippen molar-refractivity contribution in [3.05, 3.63) is 0 Å². The Balaban J connectivity index is 4.12. The fourth-order valence-corrected chi connectivity index (χ4v) is 0.430. The maximum absolute atomic E-state index is 11.6. The Morgan fingerprint density at radius 2 is 1.83 bits per heavy atom. The van der Waals surface area contributed by atoms with E-state index >= 15 is 0 Å².